The van der Waals surface area contributed by atoms with Gasteiger partial charge in [0.05, 0.1) is 6.04 Å². The monoisotopic (exact) mass is 262 g/mol. The Kier molecular flexibility index (Phi) is 5.79. The molecule has 0 aliphatic heterocycles. The molecule has 0 saturated heterocycles. The van der Waals surface area contributed by atoms with E-state index in [1.807, 2.05) is 26.0 Å². The van der Waals surface area contributed by atoms with Gasteiger partial charge in [0.1, 0.15) is 0 Å². The van der Waals surface area contributed by atoms with Crippen molar-refractivity contribution >= 4 is 35.6 Å². The lowest BCUT2D eigenvalue weighted by Crippen LogP contribution is -2.32. The van der Waals surface area contributed by atoms with Gasteiger partial charge in [-0.15, -0.1) is 12.4 Å². The zero-order valence-corrected chi connectivity index (χ0v) is 11.1. The number of hydrogen-bond donors (Lipinski definition) is 2. The molecule has 1 aromatic carbocycles. The smallest absolute Gasteiger partial charge is 0.241 e. The lowest BCUT2D eigenvalue weighted by atomic mass is 10.1. The number of amides is 1. The molecule has 0 saturated carbocycles. The number of halogens is 2. The summed E-state index contributed by atoms with van der Waals surface area (Å²) in [4.78, 5) is 11.4. The van der Waals surface area contributed by atoms with Crippen LogP contribution in [0, 0.1) is 13.8 Å². The summed E-state index contributed by atoms with van der Waals surface area (Å²) in [5.74, 6) is -0.191. The molecule has 0 unspecified atom stereocenters. The molecule has 0 fully saturated rings. The van der Waals surface area contributed by atoms with Crippen LogP contribution in [0.1, 0.15) is 18.1 Å². The molecule has 0 aliphatic carbocycles. The standard InChI is InChI=1S/C11H15ClN2O.ClH/c1-6-4-9(12)5-7(2)10(6)14-11(15)8(3)13;/h4-5,8H,13H2,1-3H3,(H,14,15);1H/t8-;/m0./s1. The van der Waals surface area contributed by atoms with Crippen LogP contribution in [0.4, 0.5) is 5.69 Å². The first-order valence-corrected chi connectivity index (χ1v) is 5.13. The van der Waals surface area contributed by atoms with Gasteiger partial charge in [0.2, 0.25) is 5.91 Å². The second kappa shape index (κ2) is 6.09. The Balaban J connectivity index is 0.00000225. The second-order valence-electron chi connectivity index (χ2n) is 3.69. The maximum atomic E-state index is 11.4. The highest BCUT2D eigenvalue weighted by molar-refractivity contribution is 6.30. The maximum absolute atomic E-state index is 11.4. The van der Waals surface area contributed by atoms with Crippen molar-refractivity contribution < 1.29 is 4.79 Å². The molecule has 5 heteroatoms. The lowest BCUT2D eigenvalue weighted by molar-refractivity contribution is -0.117. The number of nitrogens with one attached hydrogen (secondary N) is 1. The summed E-state index contributed by atoms with van der Waals surface area (Å²) >= 11 is 5.88. The third-order valence-electron chi connectivity index (χ3n) is 2.16. The molecule has 0 heterocycles. The fourth-order valence-electron chi connectivity index (χ4n) is 1.34. The highest BCUT2D eigenvalue weighted by Crippen LogP contribution is 2.24. The largest absolute Gasteiger partial charge is 0.324 e. The Morgan fingerprint density at radius 1 is 1.38 bits per heavy atom. The summed E-state index contributed by atoms with van der Waals surface area (Å²) in [6, 6.07) is 3.11. The molecule has 0 radical (unpaired) electrons. The van der Waals surface area contributed by atoms with E-state index in [9.17, 15) is 4.79 Å². The number of benzene rings is 1. The number of carbonyl (C=O) groups excluding carboxylic acids is 1. The number of anilines is 1. The van der Waals surface area contributed by atoms with Crippen molar-refractivity contribution in [1.29, 1.82) is 0 Å². The van der Waals surface area contributed by atoms with E-state index in [-0.39, 0.29) is 18.3 Å². The van der Waals surface area contributed by atoms with E-state index in [2.05, 4.69) is 5.32 Å². The molecule has 1 rings (SSSR count). The van der Waals surface area contributed by atoms with E-state index in [1.165, 1.54) is 0 Å². The summed E-state index contributed by atoms with van der Waals surface area (Å²) in [5.41, 5.74) is 8.15. The molecule has 90 valence electrons. The van der Waals surface area contributed by atoms with Gasteiger partial charge < -0.3 is 11.1 Å². The van der Waals surface area contributed by atoms with Crippen molar-refractivity contribution in [2.24, 2.45) is 5.73 Å². The van der Waals surface area contributed by atoms with Crippen molar-refractivity contribution in [1.82, 2.24) is 0 Å². The van der Waals surface area contributed by atoms with Crippen molar-refractivity contribution in [2.75, 3.05) is 5.32 Å². The molecule has 3 N–H and O–H groups in total. The van der Waals surface area contributed by atoms with Gasteiger partial charge in [0.25, 0.3) is 0 Å². The minimum absolute atomic E-state index is 0. The fourth-order valence-corrected chi connectivity index (χ4v) is 1.67. The van der Waals surface area contributed by atoms with Crippen LogP contribution >= 0.6 is 24.0 Å². The first-order chi connectivity index (χ1) is 6.91. The van der Waals surface area contributed by atoms with E-state index in [0.717, 1.165) is 16.8 Å². The summed E-state index contributed by atoms with van der Waals surface area (Å²) in [6.45, 7) is 5.45. The van der Waals surface area contributed by atoms with Crippen molar-refractivity contribution in [2.45, 2.75) is 26.8 Å². The van der Waals surface area contributed by atoms with E-state index in [1.54, 1.807) is 6.92 Å². The molecule has 0 aromatic heterocycles. The minimum atomic E-state index is -0.514. The summed E-state index contributed by atoms with van der Waals surface area (Å²) < 4.78 is 0. The number of nitrogens with two attached hydrogens (primary N) is 1. The molecular weight excluding hydrogens is 247 g/mol. The summed E-state index contributed by atoms with van der Waals surface area (Å²) in [7, 11) is 0. The fraction of sp³-hybridized carbons (Fsp3) is 0.364. The molecule has 1 amide bonds. The normalized spacial score (nSPS) is 11.6. The first-order valence-electron chi connectivity index (χ1n) is 4.75. The van der Waals surface area contributed by atoms with Crippen LogP contribution in [0.3, 0.4) is 0 Å². The Hall–Kier alpha value is -0.770. The van der Waals surface area contributed by atoms with Crippen molar-refractivity contribution in [3.05, 3.63) is 28.3 Å². The highest BCUT2D eigenvalue weighted by atomic mass is 35.5. The van der Waals surface area contributed by atoms with Crippen LogP contribution in [-0.2, 0) is 4.79 Å². The molecule has 1 atom stereocenters. The van der Waals surface area contributed by atoms with Gasteiger partial charge in [-0.1, -0.05) is 11.6 Å². The van der Waals surface area contributed by atoms with Gasteiger partial charge in [-0.3, -0.25) is 4.79 Å². The maximum Gasteiger partial charge on any atom is 0.241 e. The van der Waals surface area contributed by atoms with E-state index in [0.29, 0.717) is 5.02 Å². The van der Waals surface area contributed by atoms with Gasteiger partial charge in [-0.25, -0.2) is 0 Å². The zero-order chi connectivity index (χ0) is 11.6. The molecular formula is C11H16Cl2N2O. The second-order valence-corrected chi connectivity index (χ2v) is 4.13. The number of carbonyl (C=O) groups is 1. The van der Waals surface area contributed by atoms with E-state index >= 15 is 0 Å². The molecule has 0 aliphatic rings. The van der Waals surface area contributed by atoms with Crippen molar-refractivity contribution in [3.8, 4) is 0 Å². The number of rotatable bonds is 2. The highest BCUT2D eigenvalue weighted by Gasteiger charge is 2.11. The van der Waals surface area contributed by atoms with Gasteiger partial charge in [-0.2, -0.15) is 0 Å². The number of hydrogen-bond acceptors (Lipinski definition) is 2. The summed E-state index contributed by atoms with van der Waals surface area (Å²) in [5, 5.41) is 3.45. The van der Waals surface area contributed by atoms with Crippen LogP contribution in [0.15, 0.2) is 12.1 Å². The van der Waals surface area contributed by atoms with Crippen LogP contribution in [0.2, 0.25) is 5.02 Å². The van der Waals surface area contributed by atoms with Crippen LogP contribution < -0.4 is 11.1 Å². The zero-order valence-electron chi connectivity index (χ0n) is 9.50. The van der Waals surface area contributed by atoms with Crippen LogP contribution in [0.5, 0.6) is 0 Å². The van der Waals surface area contributed by atoms with Gasteiger partial charge in [0.15, 0.2) is 0 Å². The average Bonchev–Trinajstić information content (AvgIpc) is 2.10. The minimum Gasteiger partial charge on any atom is -0.324 e. The molecule has 3 nitrogen and oxygen atoms in total. The SMILES string of the molecule is Cc1cc(Cl)cc(C)c1NC(=O)[C@H](C)N.Cl. The van der Waals surface area contributed by atoms with Gasteiger partial charge >= 0.3 is 0 Å². The molecule has 1 aromatic rings. The Morgan fingerprint density at radius 3 is 2.19 bits per heavy atom. The summed E-state index contributed by atoms with van der Waals surface area (Å²) in [6.07, 6.45) is 0. The van der Waals surface area contributed by atoms with E-state index in [4.69, 9.17) is 17.3 Å². The Labute approximate surface area is 107 Å². The third kappa shape index (κ3) is 3.67. The van der Waals surface area contributed by atoms with Crippen LogP contribution in [0.25, 0.3) is 0 Å². The van der Waals surface area contributed by atoms with Crippen LogP contribution in [-0.4, -0.2) is 11.9 Å². The third-order valence-corrected chi connectivity index (χ3v) is 2.38. The first kappa shape index (κ1) is 15.2. The number of aryl methyl sites for hydroxylation is 2. The predicted molar refractivity (Wildman–Crippen MR) is 70.5 cm³/mol. The lowest BCUT2D eigenvalue weighted by Gasteiger charge is -2.13. The quantitative estimate of drug-likeness (QED) is 0.861. The Morgan fingerprint density at radius 2 is 1.81 bits per heavy atom. The Bertz CT molecular complexity index is 369. The van der Waals surface area contributed by atoms with Gasteiger partial charge in [0, 0.05) is 10.7 Å². The van der Waals surface area contributed by atoms with E-state index < -0.39 is 6.04 Å². The molecule has 0 spiro atoms. The van der Waals surface area contributed by atoms with Gasteiger partial charge in [-0.05, 0) is 44.0 Å². The topological polar surface area (TPSA) is 55.1 Å². The average molecular weight is 263 g/mol. The molecule has 0 bridgehead atoms. The predicted octanol–water partition coefficient (Wildman–Crippen LogP) is 2.66. The molecule has 16 heavy (non-hydrogen) atoms. The van der Waals surface area contributed by atoms with Crippen molar-refractivity contribution in [3.63, 3.8) is 0 Å².